The van der Waals surface area contributed by atoms with E-state index in [1.165, 1.54) is 244 Å². The van der Waals surface area contributed by atoms with Gasteiger partial charge in [0.1, 0.15) is 13.2 Å². The van der Waals surface area contributed by atoms with E-state index in [0.29, 0.717) is 19.3 Å². The van der Waals surface area contributed by atoms with Gasteiger partial charge in [0, 0.05) is 19.3 Å². The normalized spacial score (nSPS) is 12.2. The van der Waals surface area contributed by atoms with Gasteiger partial charge in [-0.1, -0.05) is 295 Å². The quantitative estimate of drug-likeness (QED) is 0.0261. The van der Waals surface area contributed by atoms with Crippen molar-refractivity contribution < 1.29 is 28.6 Å². The van der Waals surface area contributed by atoms with Crippen molar-refractivity contribution in [3.8, 4) is 0 Å². The molecule has 0 saturated carbocycles. The van der Waals surface area contributed by atoms with Crippen LogP contribution in [0.1, 0.15) is 355 Å². The number of carbonyl (C=O) groups excluding carboxylic acids is 3. The lowest BCUT2D eigenvalue weighted by Gasteiger charge is -2.18. The fourth-order valence-electron chi connectivity index (χ4n) is 9.71. The maximum absolute atomic E-state index is 12.9. The predicted octanol–water partition coefficient (Wildman–Crippen LogP) is 22.0. The molecule has 0 saturated heterocycles. The molecule has 0 aliphatic heterocycles. The number of unbranched alkanes of at least 4 members (excludes halogenated alkanes) is 43. The summed E-state index contributed by atoms with van der Waals surface area (Å²) >= 11 is 0. The molecule has 0 spiro atoms. The molecule has 6 heteroatoms. The molecule has 0 bridgehead atoms. The number of allylic oxidation sites excluding steroid dienone is 6. The number of hydrogen-bond donors (Lipinski definition) is 0. The first kappa shape index (κ1) is 70.6. The lowest BCUT2D eigenvalue weighted by atomic mass is 10.0. The highest BCUT2D eigenvalue weighted by molar-refractivity contribution is 5.71. The molecule has 1 unspecified atom stereocenters. The molecule has 6 nitrogen and oxygen atoms in total. The molecule has 0 fully saturated rings. The van der Waals surface area contributed by atoms with Crippen molar-refractivity contribution >= 4 is 17.9 Å². The van der Waals surface area contributed by atoms with Crippen LogP contribution in [0.3, 0.4) is 0 Å². The Balaban J connectivity index is 4.33. The molecule has 0 aromatic rings. The van der Waals surface area contributed by atoms with Gasteiger partial charge in [-0.05, 0) is 77.0 Å². The van der Waals surface area contributed by atoms with E-state index in [1.54, 1.807) is 0 Å². The van der Waals surface area contributed by atoms with Gasteiger partial charge in [0.25, 0.3) is 0 Å². The van der Waals surface area contributed by atoms with Crippen LogP contribution < -0.4 is 0 Å². The number of rotatable bonds is 60. The summed E-state index contributed by atoms with van der Waals surface area (Å²) in [5.41, 5.74) is 0. The highest BCUT2D eigenvalue weighted by Gasteiger charge is 2.19. The first-order chi connectivity index (χ1) is 36.0. The Bertz CT molecular complexity index is 1220. The van der Waals surface area contributed by atoms with Crippen molar-refractivity contribution in [2.24, 2.45) is 0 Å². The van der Waals surface area contributed by atoms with E-state index >= 15 is 0 Å². The van der Waals surface area contributed by atoms with Gasteiger partial charge >= 0.3 is 17.9 Å². The second kappa shape index (κ2) is 62.2. The fraction of sp³-hybridized carbons (Fsp3) is 0.866. The van der Waals surface area contributed by atoms with E-state index in [9.17, 15) is 14.4 Å². The van der Waals surface area contributed by atoms with Crippen molar-refractivity contribution in [3.63, 3.8) is 0 Å². The summed E-state index contributed by atoms with van der Waals surface area (Å²) in [6, 6.07) is 0. The number of esters is 3. The lowest BCUT2D eigenvalue weighted by Crippen LogP contribution is -2.30. The second-order valence-corrected chi connectivity index (χ2v) is 22.0. The van der Waals surface area contributed by atoms with Crippen LogP contribution in [0, 0.1) is 0 Å². The molecule has 0 amide bonds. The van der Waals surface area contributed by atoms with E-state index in [2.05, 4.69) is 57.2 Å². The van der Waals surface area contributed by atoms with Crippen LogP contribution >= 0.6 is 0 Å². The molecule has 0 N–H and O–H groups in total. The molecule has 0 aromatic carbocycles. The minimum Gasteiger partial charge on any atom is -0.462 e. The minimum atomic E-state index is -0.775. The summed E-state index contributed by atoms with van der Waals surface area (Å²) in [4.78, 5) is 38.3. The Morgan fingerprint density at radius 2 is 0.493 bits per heavy atom. The van der Waals surface area contributed by atoms with E-state index in [1.807, 2.05) is 0 Å². The zero-order chi connectivity index (χ0) is 52.9. The summed E-state index contributed by atoms with van der Waals surface area (Å²) < 4.78 is 17.0. The molecule has 0 aromatic heterocycles. The number of carbonyl (C=O) groups is 3. The van der Waals surface area contributed by atoms with Crippen molar-refractivity contribution in [2.45, 2.75) is 361 Å². The molecular weight excluding hydrogens is 901 g/mol. The maximum Gasteiger partial charge on any atom is 0.306 e. The van der Waals surface area contributed by atoms with Crippen molar-refractivity contribution in [1.82, 2.24) is 0 Å². The minimum absolute atomic E-state index is 0.0729. The highest BCUT2D eigenvalue weighted by Crippen LogP contribution is 2.17. The average Bonchev–Trinajstić information content (AvgIpc) is 3.39. The third-order valence-corrected chi connectivity index (χ3v) is 14.6. The monoisotopic (exact) mass is 1020 g/mol. The van der Waals surface area contributed by atoms with Gasteiger partial charge < -0.3 is 14.2 Å². The average molecular weight is 1030 g/mol. The van der Waals surface area contributed by atoms with Gasteiger partial charge in [0.05, 0.1) is 0 Å². The third kappa shape index (κ3) is 60.4. The summed E-state index contributed by atoms with van der Waals surface area (Å²) in [5.74, 6) is -0.860. The van der Waals surface area contributed by atoms with E-state index < -0.39 is 6.10 Å². The fourth-order valence-corrected chi connectivity index (χ4v) is 9.71. The largest absolute Gasteiger partial charge is 0.462 e. The van der Waals surface area contributed by atoms with Crippen LogP contribution in [0.15, 0.2) is 36.5 Å². The molecule has 73 heavy (non-hydrogen) atoms. The van der Waals surface area contributed by atoms with Gasteiger partial charge in [-0.25, -0.2) is 0 Å². The van der Waals surface area contributed by atoms with E-state index in [-0.39, 0.29) is 31.1 Å². The van der Waals surface area contributed by atoms with Crippen LogP contribution in [0.2, 0.25) is 0 Å². The maximum atomic E-state index is 12.9. The zero-order valence-electron chi connectivity index (χ0n) is 49.2. The SMILES string of the molecule is CCCCCCC/C=C\C/C=C\CCCCCCCCCCCC(=O)OCC(COC(=O)CCCCCCC/C=C\CCCCCCCCC)OC(=O)CCCCCCCCCCCCCCCCCCCC. The molecule has 428 valence electrons. The molecule has 0 radical (unpaired) electrons. The molecule has 1 atom stereocenters. The molecular formula is C67H124O6. The van der Waals surface area contributed by atoms with E-state index in [0.717, 1.165) is 70.6 Å². The first-order valence-electron chi connectivity index (χ1n) is 32.5. The Labute approximate surface area is 455 Å². The molecule has 0 aliphatic carbocycles. The standard InChI is InChI=1S/C67H124O6/c1-4-7-10-13-16-19-22-25-28-31-33-34-35-37-39-42-45-48-51-54-57-60-66(69)72-63-64(62-71-65(68)59-56-53-50-47-44-41-38-30-27-24-21-18-15-12-9-6-3)73-67(70)61-58-55-52-49-46-43-40-36-32-29-26-23-20-17-14-11-8-5-2/h22,25,30-31,33,38,64H,4-21,23-24,26-29,32,34-37,39-63H2,1-3H3/b25-22-,33-31-,38-30-. The Morgan fingerprint density at radius 1 is 0.274 bits per heavy atom. The second-order valence-electron chi connectivity index (χ2n) is 22.0. The summed E-state index contributed by atoms with van der Waals surface area (Å²) in [5, 5.41) is 0. The molecule has 0 rings (SSSR count). The van der Waals surface area contributed by atoms with Crippen LogP contribution in [0.4, 0.5) is 0 Å². The summed E-state index contributed by atoms with van der Waals surface area (Å²) in [6.45, 7) is 6.68. The third-order valence-electron chi connectivity index (χ3n) is 14.6. The van der Waals surface area contributed by atoms with Gasteiger partial charge in [-0.15, -0.1) is 0 Å². The molecule has 0 heterocycles. The van der Waals surface area contributed by atoms with Gasteiger partial charge in [0.2, 0.25) is 0 Å². The van der Waals surface area contributed by atoms with Gasteiger partial charge in [-0.2, -0.15) is 0 Å². The first-order valence-corrected chi connectivity index (χ1v) is 32.5. The van der Waals surface area contributed by atoms with Crippen LogP contribution in [0.25, 0.3) is 0 Å². The Morgan fingerprint density at radius 3 is 0.767 bits per heavy atom. The lowest BCUT2D eigenvalue weighted by molar-refractivity contribution is -0.167. The van der Waals surface area contributed by atoms with E-state index in [4.69, 9.17) is 14.2 Å². The van der Waals surface area contributed by atoms with Gasteiger partial charge in [-0.3, -0.25) is 14.4 Å². The number of hydrogen-bond acceptors (Lipinski definition) is 6. The van der Waals surface area contributed by atoms with Gasteiger partial charge in [0.15, 0.2) is 6.10 Å². The highest BCUT2D eigenvalue weighted by atomic mass is 16.6. The smallest absolute Gasteiger partial charge is 0.306 e. The Kier molecular flexibility index (Phi) is 60.2. The van der Waals surface area contributed by atoms with Crippen LogP contribution in [0.5, 0.6) is 0 Å². The van der Waals surface area contributed by atoms with Crippen molar-refractivity contribution in [1.29, 1.82) is 0 Å². The van der Waals surface area contributed by atoms with Crippen LogP contribution in [-0.4, -0.2) is 37.2 Å². The van der Waals surface area contributed by atoms with Crippen molar-refractivity contribution in [3.05, 3.63) is 36.5 Å². The topological polar surface area (TPSA) is 78.9 Å². The summed E-state index contributed by atoms with van der Waals surface area (Å²) in [6.07, 6.45) is 75.7. The summed E-state index contributed by atoms with van der Waals surface area (Å²) in [7, 11) is 0. The van der Waals surface area contributed by atoms with Crippen molar-refractivity contribution in [2.75, 3.05) is 13.2 Å². The predicted molar refractivity (Wildman–Crippen MR) is 316 cm³/mol. The Hall–Kier alpha value is -2.37. The number of ether oxygens (including phenoxy) is 3. The zero-order valence-corrected chi connectivity index (χ0v) is 49.2. The van der Waals surface area contributed by atoms with Crippen LogP contribution in [-0.2, 0) is 28.6 Å². The molecule has 0 aliphatic rings.